The molecule has 0 spiro atoms. The number of benzene rings is 2. The molecule has 29 heavy (non-hydrogen) atoms. The van der Waals surface area contributed by atoms with Crippen LogP contribution in [0.4, 0.5) is 11.4 Å². The molecular weight excluding hydrogens is 376 g/mol. The van der Waals surface area contributed by atoms with Gasteiger partial charge in [0.2, 0.25) is 0 Å². The minimum Gasteiger partial charge on any atom is -0.267 e. The fourth-order valence-corrected chi connectivity index (χ4v) is 2.73. The first-order valence-corrected chi connectivity index (χ1v) is 9.28. The van der Waals surface area contributed by atoms with Crippen molar-refractivity contribution in [2.45, 2.75) is 39.0 Å². The number of unbranched alkanes of at least 4 members (excludes halogenated alkanes) is 3. The van der Waals surface area contributed by atoms with E-state index in [-0.39, 0.29) is 5.56 Å². The molecule has 2 aromatic rings. The van der Waals surface area contributed by atoms with E-state index in [0.29, 0.717) is 12.1 Å². The van der Waals surface area contributed by atoms with E-state index in [4.69, 9.17) is 0 Å². The van der Waals surface area contributed by atoms with Crippen LogP contribution in [0.1, 0.15) is 54.9 Å². The van der Waals surface area contributed by atoms with Gasteiger partial charge in [0, 0.05) is 12.1 Å². The Kier molecular flexibility index (Phi) is 7.96. The molecule has 2 aromatic carbocycles. The maximum absolute atomic E-state index is 12.4. The summed E-state index contributed by atoms with van der Waals surface area (Å²) < 4.78 is 0. The van der Waals surface area contributed by atoms with Gasteiger partial charge in [0.15, 0.2) is 0 Å². The summed E-state index contributed by atoms with van der Waals surface area (Å²) >= 11 is 0. The van der Waals surface area contributed by atoms with Crippen molar-refractivity contribution >= 4 is 23.0 Å². The molecular formula is C20H22N4O5. The standard InChI is InChI=1S/C20H22N4O5/c1-2-3-4-8-11-19(15-9-6-5-7-10-15)21-22-20(25)16-12-17(23(26)27)14-18(13-16)24(28)29/h5-7,9-10,12-14H,2-4,8,11H2,1H3,(H,22,25)/b21-19+. The van der Waals surface area contributed by atoms with E-state index >= 15 is 0 Å². The molecule has 0 unspecified atom stereocenters. The van der Waals surface area contributed by atoms with Crippen LogP contribution in [0.5, 0.6) is 0 Å². The third-order valence-corrected chi connectivity index (χ3v) is 4.25. The highest BCUT2D eigenvalue weighted by molar-refractivity contribution is 6.02. The van der Waals surface area contributed by atoms with Crippen LogP contribution in [0.2, 0.25) is 0 Å². The summed E-state index contributed by atoms with van der Waals surface area (Å²) in [6, 6.07) is 12.1. The molecule has 0 atom stereocenters. The van der Waals surface area contributed by atoms with E-state index < -0.39 is 27.1 Å². The average molecular weight is 398 g/mol. The molecule has 1 amide bonds. The Hall–Kier alpha value is -3.62. The number of nitro groups is 2. The summed E-state index contributed by atoms with van der Waals surface area (Å²) in [6.45, 7) is 2.12. The minimum atomic E-state index is -0.782. The van der Waals surface area contributed by atoms with Crippen LogP contribution in [0.15, 0.2) is 53.6 Å². The zero-order valence-electron chi connectivity index (χ0n) is 16.0. The quantitative estimate of drug-likeness (QED) is 0.270. The summed E-state index contributed by atoms with van der Waals surface area (Å²) in [7, 11) is 0. The van der Waals surface area contributed by atoms with Gasteiger partial charge in [-0.15, -0.1) is 0 Å². The zero-order valence-corrected chi connectivity index (χ0v) is 16.0. The van der Waals surface area contributed by atoms with Crippen molar-refractivity contribution in [1.29, 1.82) is 0 Å². The van der Waals surface area contributed by atoms with Crippen LogP contribution in [-0.2, 0) is 0 Å². The number of hydrogen-bond acceptors (Lipinski definition) is 6. The predicted octanol–water partition coefficient (Wildman–Crippen LogP) is 4.61. The molecule has 0 saturated heterocycles. The Balaban J connectivity index is 2.24. The molecule has 0 aliphatic heterocycles. The van der Waals surface area contributed by atoms with Gasteiger partial charge >= 0.3 is 0 Å². The van der Waals surface area contributed by atoms with Crippen molar-refractivity contribution in [2.75, 3.05) is 0 Å². The lowest BCUT2D eigenvalue weighted by molar-refractivity contribution is -0.394. The van der Waals surface area contributed by atoms with Crippen molar-refractivity contribution in [3.8, 4) is 0 Å². The molecule has 0 bridgehead atoms. The Morgan fingerprint density at radius 1 is 0.931 bits per heavy atom. The number of carbonyl (C=O) groups excluding carboxylic acids is 1. The number of nitrogens with one attached hydrogen (secondary N) is 1. The number of hydrazone groups is 1. The third-order valence-electron chi connectivity index (χ3n) is 4.25. The first-order chi connectivity index (χ1) is 13.9. The number of hydrogen-bond donors (Lipinski definition) is 1. The van der Waals surface area contributed by atoms with Crippen molar-refractivity contribution in [3.05, 3.63) is 79.9 Å². The number of rotatable bonds is 10. The first-order valence-electron chi connectivity index (χ1n) is 9.28. The van der Waals surface area contributed by atoms with Crippen LogP contribution >= 0.6 is 0 Å². The van der Waals surface area contributed by atoms with Crippen LogP contribution in [-0.4, -0.2) is 21.5 Å². The van der Waals surface area contributed by atoms with Gasteiger partial charge in [-0.1, -0.05) is 56.5 Å². The molecule has 0 aromatic heterocycles. The summed E-state index contributed by atoms with van der Waals surface area (Å²) in [5, 5.41) is 26.2. The monoisotopic (exact) mass is 398 g/mol. The van der Waals surface area contributed by atoms with Gasteiger partial charge in [-0.05, 0) is 18.4 Å². The van der Waals surface area contributed by atoms with Gasteiger partial charge in [0.1, 0.15) is 0 Å². The minimum absolute atomic E-state index is 0.201. The number of amides is 1. The van der Waals surface area contributed by atoms with Crippen molar-refractivity contribution in [1.82, 2.24) is 5.43 Å². The van der Waals surface area contributed by atoms with Gasteiger partial charge in [0.25, 0.3) is 17.3 Å². The fraction of sp³-hybridized carbons (Fsp3) is 0.300. The smallest absolute Gasteiger partial charge is 0.267 e. The number of carbonyl (C=O) groups is 1. The summed E-state index contributed by atoms with van der Waals surface area (Å²) in [6.07, 6.45) is 4.79. The van der Waals surface area contributed by atoms with E-state index in [1.54, 1.807) is 0 Å². The second-order valence-corrected chi connectivity index (χ2v) is 6.43. The second-order valence-electron chi connectivity index (χ2n) is 6.43. The molecule has 0 aliphatic rings. The largest absolute Gasteiger partial charge is 0.277 e. The molecule has 152 valence electrons. The Morgan fingerprint density at radius 2 is 1.55 bits per heavy atom. The summed E-state index contributed by atoms with van der Waals surface area (Å²) in [4.78, 5) is 32.9. The molecule has 9 nitrogen and oxygen atoms in total. The molecule has 0 heterocycles. The molecule has 1 N–H and O–H groups in total. The molecule has 0 fully saturated rings. The van der Waals surface area contributed by atoms with Crippen molar-refractivity contribution in [3.63, 3.8) is 0 Å². The van der Waals surface area contributed by atoms with Gasteiger partial charge in [-0.3, -0.25) is 25.0 Å². The van der Waals surface area contributed by atoms with E-state index in [1.165, 1.54) is 0 Å². The molecule has 9 heteroatoms. The first kappa shape index (κ1) is 21.7. The highest BCUT2D eigenvalue weighted by Crippen LogP contribution is 2.22. The SMILES string of the molecule is CCCCCC/C(=N\NC(=O)c1cc([N+](=O)[O-])cc([N+](=O)[O-])c1)c1ccccc1. The molecule has 2 rings (SSSR count). The number of nitrogens with zero attached hydrogens (tertiary/aromatic N) is 3. The van der Waals surface area contributed by atoms with E-state index in [9.17, 15) is 25.0 Å². The van der Waals surface area contributed by atoms with Crippen molar-refractivity contribution < 1.29 is 14.6 Å². The van der Waals surface area contributed by atoms with Crippen molar-refractivity contribution in [2.24, 2.45) is 5.10 Å². The lowest BCUT2D eigenvalue weighted by atomic mass is 10.0. The lowest BCUT2D eigenvalue weighted by Gasteiger charge is -2.08. The highest BCUT2D eigenvalue weighted by Gasteiger charge is 2.20. The predicted molar refractivity (Wildman–Crippen MR) is 109 cm³/mol. The molecule has 0 aliphatic carbocycles. The van der Waals surface area contributed by atoms with E-state index in [2.05, 4.69) is 17.5 Å². The lowest BCUT2D eigenvalue weighted by Crippen LogP contribution is -2.20. The summed E-state index contributed by atoms with van der Waals surface area (Å²) in [5.74, 6) is -0.751. The van der Waals surface area contributed by atoms with E-state index in [1.807, 2.05) is 30.3 Å². The van der Waals surface area contributed by atoms with Crippen LogP contribution < -0.4 is 5.43 Å². The zero-order chi connectivity index (χ0) is 21.2. The average Bonchev–Trinajstić information content (AvgIpc) is 2.73. The Bertz CT molecular complexity index is 880. The van der Waals surface area contributed by atoms with Crippen LogP contribution in [0.25, 0.3) is 0 Å². The highest BCUT2D eigenvalue weighted by atomic mass is 16.6. The van der Waals surface area contributed by atoms with Gasteiger partial charge in [-0.25, -0.2) is 5.43 Å². The number of non-ortho nitro benzene ring substituents is 2. The van der Waals surface area contributed by atoms with E-state index in [0.717, 1.165) is 49.4 Å². The Morgan fingerprint density at radius 3 is 2.10 bits per heavy atom. The molecule has 0 saturated carbocycles. The summed E-state index contributed by atoms with van der Waals surface area (Å²) in [5.41, 5.74) is 2.64. The Labute approximate surface area is 167 Å². The normalized spacial score (nSPS) is 11.1. The van der Waals surface area contributed by atoms with Gasteiger partial charge in [0.05, 0.1) is 27.2 Å². The maximum atomic E-state index is 12.4. The van der Waals surface area contributed by atoms with Gasteiger partial charge in [-0.2, -0.15) is 5.10 Å². The maximum Gasteiger partial charge on any atom is 0.277 e. The third kappa shape index (κ3) is 6.49. The van der Waals surface area contributed by atoms with Crippen LogP contribution in [0, 0.1) is 20.2 Å². The fourth-order valence-electron chi connectivity index (χ4n) is 2.73. The van der Waals surface area contributed by atoms with Gasteiger partial charge < -0.3 is 0 Å². The van der Waals surface area contributed by atoms with Crippen LogP contribution in [0.3, 0.4) is 0 Å². The topological polar surface area (TPSA) is 128 Å². The number of nitro benzene ring substituents is 2. The second kappa shape index (κ2) is 10.6. The molecule has 0 radical (unpaired) electrons.